The van der Waals surface area contributed by atoms with E-state index in [0.717, 1.165) is 42.7 Å². The Morgan fingerprint density at radius 1 is 0.594 bits per heavy atom. The van der Waals surface area contributed by atoms with Crippen LogP contribution in [0.4, 0.5) is 0 Å². The molecule has 2 amide bonds. The predicted molar refractivity (Wildman–Crippen MR) is 131 cm³/mol. The molecule has 2 aliphatic rings. The molecule has 2 aliphatic carbocycles. The maximum Gasteiger partial charge on any atom is 0.251 e. The first-order valence-electron chi connectivity index (χ1n) is 12.3. The van der Waals surface area contributed by atoms with Crippen molar-refractivity contribution in [1.29, 1.82) is 0 Å². The second kappa shape index (κ2) is 13.0. The van der Waals surface area contributed by atoms with Gasteiger partial charge < -0.3 is 10.6 Å². The first kappa shape index (κ1) is 24.0. The average Bonchev–Trinajstić information content (AvgIpc) is 3.05. The summed E-state index contributed by atoms with van der Waals surface area (Å²) in [4.78, 5) is 23.8. The summed E-state index contributed by atoms with van der Waals surface area (Å²) in [5, 5.41) is 6.25. The SMILES string of the molecule is CC1CCCC(NC(=O)c2ccccc2)CC1.O=C(NC1CCCCC1)c1ccccc1. The fourth-order valence-electron chi connectivity index (χ4n) is 4.59. The second-order valence-electron chi connectivity index (χ2n) is 9.32. The third-order valence-corrected chi connectivity index (χ3v) is 6.61. The highest BCUT2D eigenvalue weighted by Gasteiger charge is 2.18. The molecule has 0 aliphatic heterocycles. The van der Waals surface area contributed by atoms with Gasteiger partial charge in [-0.25, -0.2) is 0 Å². The number of hydrogen-bond acceptors (Lipinski definition) is 2. The highest BCUT2D eigenvalue weighted by Crippen LogP contribution is 2.22. The van der Waals surface area contributed by atoms with Crippen molar-refractivity contribution >= 4 is 11.8 Å². The van der Waals surface area contributed by atoms with Gasteiger partial charge in [0.15, 0.2) is 0 Å². The lowest BCUT2D eigenvalue weighted by Crippen LogP contribution is -2.36. The van der Waals surface area contributed by atoms with Crippen LogP contribution in [0.25, 0.3) is 0 Å². The van der Waals surface area contributed by atoms with Crippen LogP contribution in [0.1, 0.15) is 91.8 Å². The van der Waals surface area contributed by atoms with E-state index in [-0.39, 0.29) is 11.8 Å². The molecule has 2 N–H and O–H groups in total. The van der Waals surface area contributed by atoms with Crippen LogP contribution in [0.2, 0.25) is 0 Å². The summed E-state index contributed by atoms with van der Waals surface area (Å²) in [5.41, 5.74) is 1.54. The molecule has 4 heteroatoms. The summed E-state index contributed by atoms with van der Waals surface area (Å²) in [5.74, 6) is 0.960. The van der Waals surface area contributed by atoms with Gasteiger partial charge >= 0.3 is 0 Å². The minimum atomic E-state index is 0.0718. The predicted octanol–water partition coefficient (Wildman–Crippen LogP) is 6.13. The van der Waals surface area contributed by atoms with Crippen molar-refractivity contribution in [3.05, 3.63) is 71.8 Å². The zero-order valence-electron chi connectivity index (χ0n) is 19.4. The Labute approximate surface area is 193 Å². The molecule has 2 atom stereocenters. The van der Waals surface area contributed by atoms with Gasteiger partial charge in [-0.3, -0.25) is 9.59 Å². The van der Waals surface area contributed by atoms with E-state index in [9.17, 15) is 9.59 Å². The van der Waals surface area contributed by atoms with Crippen LogP contribution in [0, 0.1) is 5.92 Å². The van der Waals surface area contributed by atoms with E-state index in [1.165, 1.54) is 38.5 Å². The van der Waals surface area contributed by atoms with E-state index in [1.54, 1.807) is 0 Å². The largest absolute Gasteiger partial charge is 0.349 e. The van der Waals surface area contributed by atoms with Crippen LogP contribution >= 0.6 is 0 Å². The zero-order valence-corrected chi connectivity index (χ0v) is 19.4. The first-order valence-corrected chi connectivity index (χ1v) is 12.3. The van der Waals surface area contributed by atoms with Gasteiger partial charge in [0.1, 0.15) is 0 Å². The smallest absolute Gasteiger partial charge is 0.251 e. The Balaban J connectivity index is 0.000000182. The van der Waals surface area contributed by atoms with E-state index in [1.807, 2.05) is 60.7 Å². The summed E-state index contributed by atoms with van der Waals surface area (Å²) in [6.07, 6.45) is 12.1. The van der Waals surface area contributed by atoms with Gasteiger partial charge in [-0.2, -0.15) is 0 Å². The number of carbonyl (C=O) groups excluding carboxylic acids is 2. The maximum atomic E-state index is 12.0. The molecule has 2 aromatic rings. The van der Waals surface area contributed by atoms with E-state index in [4.69, 9.17) is 0 Å². The first-order chi connectivity index (χ1) is 15.6. The van der Waals surface area contributed by atoms with Crippen LogP contribution in [0.15, 0.2) is 60.7 Å². The fraction of sp³-hybridized carbons (Fsp3) is 0.500. The molecule has 2 unspecified atom stereocenters. The number of benzene rings is 2. The fourth-order valence-corrected chi connectivity index (χ4v) is 4.59. The van der Waals surface area contributed by atoms with E-state index in [2.05, 4.69) is 17.6 Å². The van der Waals surface area contributed by atoms with Crippen LogP contribution in [0.3, 0.4) is 0 Å². The molecule has 0 radical (unpaired) electrons. The van der Waals surface area contributed by atoms with E-state index < -0.39 is 0 Å². The molecule has 172 valence electrons. The van der Waals surface area contributed by atoms with Crippen molar-refractivity contribution in [3.8, 4) is 0 Å². The van der Waals surface area contributed by atoms with Crippen molar-refractivity contribution in [2.24, 2.45) is 5.92 Å². The highest BCUT2D eigenvalue weighted by atomic mass is 16.2. The lowest BCUT2D eigenvalue weighted by molar-refractivity contribution is 0.0921. The van der Waals surface area contributed by atoms with E-state index in [0.29, 0.717) is 12.1 Å². The Hall–Kier alpha value is -2.62. The topological polar surface area (TPSA) is 58.2 Å². The average molecular weight is 435 g/mol. The molecule has 0 aromatic heterocycles. The molecule has 2 fully saturated rings. The molecule has 4 nitrogen and oxygen atoms in total. The van der Waals surface area contributed by atoms with Crippen molar-refractivity contribution < 1.29 is 9.59 Å². The van der Waals surface area contributed by atoms with Gasteiger partial charge in [0.05, 0.1) is 0 Å². The molecule has 0 bridgehead atoms. The van der Waals surface area contributed by atoms with Gasteiger partial charge in [0, 0.05) is 23.2 Å². The molecular formula is C28H38N2O2. The maximum absolute atomic E-state index is 12.0. The van der Waals surface area contributed by atoms with Gasteiger partial charge in [-0.05, 0) is 62.3 Å². The molecule has 0 spiro atoms. The number of amides is 2. The molecule has 4 rings (SSSR count). The van der Waals surface area contributed by atoms with Gasteiger partial charge in [0.2, 0.25) is 0 Å². The molecule has 2 aromatic carbocycles. The molecule has 32 heavy (non-hydrogen) atoms. The minimum absolute atomic E-state index is 0.0718. The minimum Gasteiger partial charge on any atom is -0.349 e. The third-order valence-electron chi connectivity index (χ3n) is 6.61. The van der Waals surface area contributed by atoms with Crippen molar-refractivity contribution in [3.63, 3.8) is 0 Å². The standard InChI is InChI=1S/C15H21NO.C13H17NO/c1-12-6-5-9-14(11-10-12)16-15(17)13-7-3-2-4-8-13;15-13(11-7-3-1-4-8-11)14-12-9-5-2-6-10-12/h2-4,7-8,12,14H,5-6,9-11H2,1H3,(H,16,17);1,3-4,7-8,12H,2,5-6,9-10H2,(H,14,15). The Bertz CT molecular complexity index is 816. The Morgan fingerprint density at radius 2 is 1.06 bits per heavy atom. The van der Waals surface area contributed by atoms with Gasteiger partial charge in [-0.1, -0.05) is 75.4 Å². The molecule has 2 saturated carbocycles. The van der Waals surface area contributed by atoms with Crippen molar-refractivity contribution in [1.82, 2.24) is 10.6 Å². The lowest BCUT2D eigenvalue weighted by Gasteiger charge is -2.22. The summed E-state index contributed by atoms with van der Waals surface area (Å²) in [6, 6.07) is 19.7. The number of nitrogens with one attached hydrogen (secondary N) is 2. The monoisotopic (exact) mass is 434 g/mol. The quantitative estimate of drug-likeness (QED) is 0.568. The summed E-state index contributed by atoms with van der Waals surface area (Å²) in [7, 11) is 0. The number of rotatable bonds is 4. The highest BCUT2D eigenvalue weighted by molar-refractivity contribution is 5.94. The third kappa shape index (κ3) is 8.14. The van der Waals surface area contributed by atoms with Crippen LogP contribution < -0.4 is 10.6 Å². The Morgan fingerprint density at radius 3 is 1.59 bits per heavy atom. The van der Waals surface area contributed by atoms with Crippen LogP contribution in [-0.4, -0.2) is 23.9 Å². The summed E-state index contributed by atoms with van der Waals surface area (Å²) >= 11 is 0. The normalized spacial score (nSPS) is 21.4. The van der Waals surface area contributed by atoms with Crippen LogP contribution in [-0.2, 0) is 0 Å². The molecule has 0 saturated heterocycles. The van der Waals surface area contributed by atoms with Crippen molar-refractivity contribution in [2.75, 3.05) is 0 Å². The number of carbonyl (C=O) groups is 2. The second-order valence-corrected chi connectivity index (χ2v) is 9.32. The zero-order chi connectivity index (χ0) is 22.6. The van der Waals surface area contributed by atoms with Crippen LogP contribution in [0.5, 0.6) is 0 Å². The molecular weight excluding hydrogens is 396 g/mol. The molecule has 0 heterocycles. The summed E-state index contributed by atoms with van der Waals surface area (Å²) < 4.78 is 0. The Kier molecular flexibility index (Phi) is 9.80. The van der Waals surface area contributed by atoms with Gasteiger partial charge in [-0.15, -0.1) is 0 Å². The van der Waals surface area contributed by atoms with Gasteiger partial charge in [0.25, 0.3) is 11.8 Å². The summed E-state index contributed by atoms with van der Waals surface area (Å²) in [6.45, 7) is 2.31. The van der Waals surface area contributed by atoms with Crippen molar-refractivity contribution in [2.45, 2.75) is 83.2 Å². The number of hydrogen-bond donors (Lipinski definition) is 2. The lowest BCUT2D eigenvalue weighted by atomic mass is 9.95. The van der Waals surface area contributed by atoms with E-state index >= 15 is 0 Å².